The topological polar surface area (TPSA) is 67.9 Å². The van der Waals surface area contributed by atoms with E-state index < -0.39 is 12.1 Å². The van der Waals surface area contributed by atoms with E-state index in [1.807, 2.05) is 13.0 Å². The molecule has 0 aromatic heterocycles. The van der Waals surface area contributed by atoms with Gasteiger partial charge in [0.05, 0.1) is 7.11 Å². The minimum Gasteiger partial charge on any atom is -0.489 e. The quantitative estimate of drug-likeness (QED) is 0.847. The van der Waals surface area contributed by atoms with Crippen LogP contribution in [-0.2, 0) is 16.1 Å². The number of amides is 2. The van der Waals surface area contributed by atoms with Crippen LogP contribution >= 0.6 is 0 Å². The van der Waals surface area contributed by atoms with Crippen molar-refractivity contribution in [1.82, 2.24) is 4.90 Å². The van der Waals surface area contributed by atoms with Gasteiger partial charge in [0.25, 0.3) is 0 Å². The molecule has 1 unspecified atom stereocenters. The molecule has 1 fully saturated rings. The SMILES string of the molecule is COC(=O)N1CCCC1C(=O)Nc1ccc(OCc2cccc(F)c2)cc1C. The summed E-state index contributed by atoms with van der Waals surface area (Å²) in [6.07, 6.45) is 0.879. The number of halogens is 1. The van der Waals surface area contributed by atoms with E-state index in [4.69, 9.17) is 9.47 Å². The lowest BCUT2D eigenvalue weighted by atomic mass is 10.1. The Kier molecular flexibility index (Phi) is 6.13. The van der Waals surface area contributed by atoms with Crippen molar-refractivity contribution in [2.24, 2.45) is 0 Å². The molecule has 7 heteroatoms. The molecule has 0 spiro atoms. The van der Waals surface area contributed by atoms with Crippen molar-refractivity contribution in [3.63, 3.8) is 0 Å². The predicted molar refractivity (Wildman–Crippen MR) is 103 cm³/mol. The van der Waals surface area contributed by atoms with Crippen LogP contribution in [-0.4, -0.2) is 36.6 Å². The van der Waals surface area contributed by atoms with Crippen molar-refractivity contribution in [2.45, 2.75) is 32.4 Å². The first kappa shape index (κ1) is 19.7. The highest BCUT2D eigenvalue weighted by molar-refractivity contribution is 5.97. The van der Waals surface area contributed by atoms with Gasteiger partial charge in [0.15, 0.2) is 0 Å². The van der Waals surface area contributed by atoms with Gasteiger partial charge in [0.1, 0.15) is 24.2 Å². The molecular weight excluding hydrogens is 363 g/mol. The highest BCUT2D eigenvalue weighted by Gasteiger charge is 2.34. The van der Waals surface area contributed by atoms with E-state index in [1.54, 1.807) is 24.3 Å². The maximum atomic E-state index is 13.2. The Balaban J connectivity index is 1.62. The molecule has 148 valence electrons. The van der Waals surface area contributed by atoms with E-state index in [2.05, 4.69) is 5.32 Å². The van der Waals surface area contributed by atoms with Crippen molar-refractivity contribution in [1.29, 1.82) is 0 Å². The number of carbonyl (C=O) groups is 2. The predicted octanol–water partition coefficient (Wildman–Crippen LogP) is 3.88. The fraction of sp³-hybridized carbons (Fsp3) is 0.333. The van der Waals surface area contributed by atoms with Crippen molar-refractivity contribution >= 4 is 17.7 Å². The molecular formula is C21H23FN2O4. The maximum absolute atomic E-state index is 13.2. The van der Waals surface area contributed by atoms with Crippen molar-refractivity contribution in [2.75, 3.05) is 19.0 Å². The standard InChI is InChI=1S/C21H23FN2O4/c1-14-11-17(28-13-15-5-3-6-16(22)12-15)8-9-18(14)23-20(25)19-7-4-10-24(19)21(26)27-2/h3,5-6,8-9,11-12,19H,4,7,10,13H2,1-2H3,(H,23,25). The molecule has 2 amide bonds. The highest BCUT2D eigenvalue weighted by Crippen LogP contribution is 2.25. The van der Waals surface area contributed by atoms with Crippen LogP contribution in [0.15, 0.2) is 42.5 Å². The zero-order valence-corrected chi connectivity index (χ0v) is 15.9. The first-order valence-electron chi connectivity index (χ1n) is 9.11. The summed E-state index contributed by atoms with van der Waals surface area (Å²) in [6, 6.07) is 11.0. The zero-order valence-electron chi connectivity index (χ0n) is 15.9. The molecule has 3 rings (SSSR count). The molecule has 1 aliphatic rings. The number of hydrogen-bond donors (Lipinski definition) is 1. The summed E-state index contributed by atoms with van der Waals surface area (Å²) in [6.45, 7) is 2.62. The lowest BCUT2D eigenvalue weighted by Gasteiger charge is -2.22. The van der Waals surface area contributed by atoms with Gasteiger partial charge < -0.3 is 14.8 Å². The molecule has 1 saturated heterocycles. The molecule has 1 N–H and O–H groups in total. The van der Waals surface area contributed by atoms with E-state index in [1.165, 1.54) is 24.1 Å². The second-order valence-corrected chi connectivity index (χ2v) is 6.71. The van der Waals surface area contributed by atoms with Crippen LogP contribution in [0.25, 0.3) is 0 Å². The minimum absolute atomic E-state index is 0.237. The molecule has 1 heterocycles. The molecule has 1 atom stereocenters. The van der Waals surface area contributed by atoms with Gasteiger partial charge in [-0.2, -0.15) is 0 Å². The molecule has 0 saturated carbocycles. The number of ether oxygens (including phenoxy) is 2. The van der Waals surface area contributed by atoms with E-state index in [0.29, 0.717) is 24.4 Å². The van der Waals surface area contributed by atoms with E-state index in [9.17, 15) is 14.0 Å². The summed E-state index contributed by atoms with van der Waals surface area (Å²) in [5.41, 5.74) is 2.21. The summed E-state index contributed by atoms with van der Waals surface area (Å²) in [7, 11) is 1.31. The molecule has 28 heavy (non-hydrogen) atoms. The van der Waals surface area contributed by atoms with Crippen LogP contribution in [0.5, 0.6) is 5.75 Å². The summed E-state index contributed by atoms with van der Waals surface area (Å²) < 4.78 is 23.7. The van der Waals surface area contributed by atoms with Crippen molar-refractivity contribution in [3.8, 4) is 5.75 Å². The molecule has 1 aliphatic heterocycles. The Hall–Kier alpha value is -3.09. The highest BCUT2D eigenvalue weighted by atomic mass is 19.1. The maximum Gasteiger partial charge on any atom is 0.410 e. The number of rotatable bonds is 5. The Morgan fingerprint density at radius 3 is 2.79 bits per heavy atom. The average molecular weight is 386 g/mol. The van der Waals surface area contributed by atoms with Crippen molar-refractivity contribution < 1.29 is 23.5 Å². The van der Waals surface area contributed by atoms with Gasteiger partial charge in [0.2, 0.25) is 5.91 Å². The van der Waals surface area contributed by atoms with Crippen LogP contribution in [0.3, 0.4) is 0 Å². The number of carbonyl (C=O) groups excluding carboxylic acids is 2. The molecule has 2 aromatic carbocycles. The second-order valence-electron chi connectivity index (χ2n) is 6.71. The largest absolute Gasteiger partial charge is 0.489 e. The first-order valence-corrected chi connectivity index (χ1v) is 9.11. The van der Waals surface area contributed by atoms with Gasteiger partial charge >= 0.3 is 6.09 Å². The summed E-state index contributed by atoms with van der Waals surface area (Å²) in [5, 5.41) is 2.88. The number of nitrogens with zero attached hydrogens (tertiary/aromatic N) is 1. The normalized spacial score (nSPS) is 16.0. The fourth-order valence-corrected chi connectivity index (χ4v) is 3.25. The number of hydrogen-bond acceptors (Lipinski definition) is 4. The Morgan fingerprint density at radius 2 is 2.07 bits per heavy atom. The van der Waals surface area contributed by atoms with Gasteiger partial charge in [-0.3, -0.25) is 9.69 Å². The summed E-state index contributed by atoms with van der Waals surface area (Å²) in [5.74, 6) is 0.0829. The Labute approximate surface area is 163 Å². The third-order valence-electron chi connectivity index (χ3n) is 4.71. The minimum atomic E-state index is -0.532. The third kappa shape index (κ3) is 4.60. The fourth-order valence-electron chi connectivity index (χ4n) is 3.25. The van der Waals surface area contributed by atoms with E-state index >= 15 is 0 Å². The number of nitrogens with one attached hydrogen (secondary N) is 1. The lowest BCUT2D eigenvalue weighted by Crippen LogP contribution is -2.43. The number of likely N-dealkylation sites (tertiary alicyclic amines) is 1. The van der Waals surface area contributed by atoms with E-state index in [-0.39, 0.29) is 18.3 Å². The lowest BCUT2D eigenvalue weighted by molar-refractivity contribution is -0.120. The van der Waals surface area contributed by atoms with Crippen LogP contribution < -0.4 is 10.1 Å². The zero-order chi connectivity index (χ0) is 20.1. The molecule has 0 bridgehead atoms. The number of anilines is 1. The number of methoxy groups -OCH3 is 1. The van der Waals surface area contributed by atoms with Crippen LogP contribution in [0, 0.1) is 12.7 Å². The number of aryl methyl sites for hydroxylation is 1. The third-order valence-corrected chi connectivity index (χ3v) is 4.71. The van der Waals surface area contributed by atoms with Crippen molar-refractivity contribution in [3.05, 3.63) is 59.4 Å². The Morgan fingerprint density at radius 1 is 1.25 bits per heavy atom. The Bertz CT molecular complexity index is 871. The van der Waals surface area contributed by atoms with Gasteiger partial charge in [-0.05, 0) is 61.2 Å². The van der Waals surface area contributed by atoms with Crippen LogP contribution in [0.2, 0.25) is 0 Å². The molecule has 6 nitrogen and oxygen atoms in total. The van der Waals surface area contributed by atoms with Gasteiger partial charge in [-0.1, -0.05) is 12.1 Å². The van der Waals surface area contributed by atoms with Crippen LogP contribution in [0.1, 0.15) is 24.0 Å². The monoisotopic (exact) mass is 386 g/mol. The summed E-state index contributed by atoms with van der Waals surface area (Å²) >= 11 is 0. The van der Waals surface area contributed by atoms with Crippen LogP contribution in [0.4, 0.5) is 14.9 Å². The first-order chi connectivity index (χ1) is 13.5. The van der Waals surface area contributed by atoms with Gasteiger partial charge in [0, 0.05) is 12.2 Å². The number of benzene rings is 2. The second kappa shape index (κ2) is 8.73. The smallest absolute Gasteiger partial charge is 0.410 e. The van der Waals surface area contributed by atoms with E-state index in [0.717, 1.165) is 17.5 Å². The van der Waals surface area contributed by atoms with Gasteiger partial charge in [-0.15, -0.1) is 0 Å². The molecule has 0 radical (unpaired) electrons. The molecule has 2 aromatic rings. The average Bonchev–Trinajstić information content (AvgIpc) is 3.17. The molecule has 0 aliphatic carbocycles. The summed E-state index contributed by atoms with van der Waals surface area (Å²) in [4.78, 5) is 25.8. The van der Waals surface area contributed by atoms with Gasteiger partial charge in [-0.25, -0.2) is 9.18 Å².